The van der Waals surface area contributed by atoms with Crippen molar-refractivity contribution in [2.45, 2.75) is 25.1 Å². The molecular weight excluding hydrogens is 466 g/mol. The molecule has 0 spiro atoms. The fourth-order valence-corrected chi connectivity index (χ4v) is 4.01. The molecule has 10 heteroatoms. The van der Waals surface area contributed by atoms with Crippen LogP contribution in [-0.4, -0.2) is 22.0 Å². The van der Waals surface area contributed by atoms with Gasteiger partial charge in [-0.05, 0) is 29.8 Å². The van der Waals surface area contributed by atoms with E-state index >= 15 is 0 Å². The third kappa shape index (κ3) is 4.34. The van der Waals surface area contributed by atoms with E-state index in [1.54, 1.807) is 0 Å². The fraction of sp³-hybridized carbons (Fsp3) is 0.160. The second-order valence-electron chi connectivity index (χ2n) is 8.10. The molecule has 1 unspecified atom stereocenters. The first kappa shape index (κ1) is 22.6. The third-order valence-electron chi connectivity index (χ3n) is 5.68. The van der Waals surface area contributed by atoms with E-state index in [4.69, 9.17) is 4.42 Å². The van der Waals surface area contributed by atoms with Gasteiger partial charge in [0, 0.05) is 12.0 Å². The quantitative estimate of drug-likeness (QED) is 0.316. The number of carbonyl (C=O) groups excluding carboxylic acids is 1. The molecule has 0 saturated carbocycles. The number of alkyl halides is 3. The lowest BCUT2D eigenvalue weighted by Gasteiger charge is -2.08. The summed E-state index contributed by atoms with van der Waals surface area (Å²) in [6.07, 6.45) is -3.11. The van der Waals surface area contributed by atoms with Crippen molar-refractivity contribution in [3.8, 4) is 17.0 Å². The topological polar surface area (TPSA) is 79.2 Å². The van der Waals surface area contributed by atoms with Crippen LogP contribution in [0.5, 0.6) is 5.75 Å². The Morgan fingerprint density at radius 3 is 2.54 bits per heavy atom. The van der Waals surface area contributed by atoms with Crippen molar-refractivity contribution in [2.75, 3.05) is 5.32 Å². The second-order valence-corrected chi connectivity index (χ2v) is 8.10. The molecule has 35 heavy (non-hydrogen) atoms. The molecule has 0 saturated heterocycles. The molecular formula is C25H18F4N3O3+. The van der Waals surface area contributed by atoms with Gasteiger partial charge >= 0.3 is 17.9 Å². The van der Waals surface area contributed by atoms with Crippen LogP contribution >= 0.6 is 0 Å². The van der Waals surface area contributed by atoms with Crippen LogP contribution < -0.4 is 9.88 Å². The van der Waals surface area contributed by atoms with Crippen LogP contribution in [0.15, 0.2) is 71.3 Å². The van der Waals surface area contributed by atoms with E-state index in [0.717, 1.165) is 11.6 Å². The molecule has 4 aromatic rings. The van der Waals surface area contributed by atoms with Gasteiger partial charge in [0.2, 0.25) is 11.8 Å². The summed E-state index contributed by atoms with van der Waals surface area (Å²) < 4.78 is 59.5. The number of anilines is 1. The first-order valence-electron chi connectivity index (χ1n) is 10.6. The number of furan rings is 1. The Hall–Kier alpha value is -4.21. The van der Waals surface area contributed by atoms with E-state index in [-0.39, 0.29) is 23.4 Å². The number of rotatable bonds is 5. The number of benzene rings is 2. The van der Waals surface area contributed by atoms with Crippen molar-refractivity contribution < 1.29 is 36.4 Å². The summed E-state index contributed by atoms with van der Waals surface area (Å²) in [7, 11) is 0. The van der Waals surface area contributed by atoms with Gasteiger partial charge < -0.3 is 9.52 Å². The SMILES string of the molecule is O=C1C(Cc2ccc(C(F)(F)F)o2)Nc2c(Cc3ccccc3)nc(-c3cccc(O)c3F)c[n+]21. The molecule has 2 aromatic carbocycles. The highest BCUT2D eigenvalue weighted by molar-refractivity contribution is 5.82. The number of carbonyl (C=O) groups is 1. The lowest BCUT2D eigenvalue weighted by atomic mass is 10.1. The third-order valence-corrected chi connectivity index (χ3v) is 5.68. The van der Waals surface area contributed by atoms with E-state index in [0.29, 0.717) is 17.9 Å². The summed E-state index contributed by atoms with van der Waals surface area (Å²) in [5.74, 6) is -2.68. The maximum absolute atomic E-state index is 14.7. The van der Waals surface area contributed by atoms with Crippen LogP contribution in [0.3, 0.4) is 0 Å². The normalized spacial score (nSPS) is 15.2. The second kappa shape index (κ2) is 8.53. The molecule has 2 N–H and O–H groups in total. The molecule has 5 rings (SSSR count). The van der Waals surface area contributed by atoms with Gasteiger partial charge in [-0.3, -0.25) is 5.32 Å². The molecule has 1 atom stereocenters. The minimum absolute atomic E-state index is 0.00611. The number of aromatic nitrogens is 2. The number of phenolic OH excluding ortho intramolecular Hbond substituents is 1. The van der Waals surface area contributed by atoms with Crippen molar-refractivity contribution in [1.82, 2.24) is 4.98 Å². The Morgan fingerprint density at radius 1 is 1.06 bits per heavy atom. The number of fused-ring (bicyclic) bond motifs is 1. The average molecular weight is 484 g/mol. The van der Waals surface area contributed by atoms with Gasteiger partial charge in [0.05, 0.1) is 6.42 Å². The molecule has 178 valence electrons. The van der Waals surface area contributed by atoms with Crippen LogP contribution in [-0.2, 0) is 19.0 Å². The number of halogens is 4. The smallest absolute Gasteiger partial charge is 0.449 e. The predicted molar refractivity (Wildman–Crippen MR) is 116 cm³/mol. The Morgan fingerprint density at radius 2 is 1.83 bits per heavy atom. The van der Waals surface area contributed by atoms with Crippen molar-refractivity contribution >= 4 is 11.7 Å². The van der Waals surface area contributed by atoms with Gasteiger partial charge in [-0.25, -0.2) is 14.2 Å². The van der Waals surface area contributed by atoms with Crippen LogP contribution in [0.2, 0.25) is 0 Å². The Kier molecular flexibility index (Phi) is 5.50. The molecule has 3 heterocycles. The Labute approximate surface area is 196 Å². The highest BCUT2D eigenvalue weighted by Gasteiger charge is 2.42. The molecule has 0 fully saturated rings. The van der Waals surface area contributed by atoms with Crippen LogP contribution in [0.25, 0.3) is 11.3 Å². The van der Waals surface area contributed by atoms with E-state index in [1.807, 2.05) is 30.3 Å². The number of phenols is 1. The van der Waals surface area contributed by atoms with E-state index in [1.165, 1.54) is 35.0 Å². The molecule has 2 aromatic heterocycles. The first-order valence-corrected chi connectivity index (χ1v) is 10.6. The van der Waals surface area contributed by atoms with Gasteiger partial charge in [-0.15, -0.1) is 0 Å². The standard InChI is InChI=1S/C25H17F4N3O3/c26-22-16(7-4-8-20(22)33)19-13-32-23(17(30-19)11-14-5-2-1-3-6-14)31-18(24(32)34)12-15-9-10-21(35-15)25(27,28)29/h1-10,13,18,33H,11-12H2/p+1. The minimum atomic E-state index is -4.63. The minimum Gasteiger partial charge on any atom is -0.505 e. The molecule has 6 nitrogen and oxygen atoms in total. The first-order chi connectivity index (χ1) is 16.7. The van der Waals surface area contributed by atoms with Crippen LogP contribution in [0.1, 0.15) is 27.6 Å². The predicted octanol–water partition coefficient (Wildman–Crippen LogP) is 4.76. The van der Waals surface area contributed by atoms with Crippen LogP contribution in [0, 0.1) is 5.82 Å². The van der Waals surface area contributed by atoms with Gasteiger partial charge in [0.1, 0.15) is 23.3 Å². The van der Waals surface area contributed by atoms with Crippen LogP contribution in [0.4, 0.5) is 23.4 Å². The fourth-order valence-electron chi connectivity index (χ4n) is 4.01. The van der Waals surface area contributed by atoms with Gasteiger partial charge in [-0.2, -0.15) is 17.7 Å². The van der Waals surface area contributed by atoms with Gasteiger partial charge in [0.15, 0.2) is 11.6 Å². The van der Waals surface area contributed by atoms with E-state index in [9.17, 15) is 27.5 Å². The zero-order valence-electron chi connectivity index (χ0n) is 18.0. The summed E-state index contributed by atoms with van der Waals surface area (Å²) in [6, 6.07) is 14.5. The van der Waals surface area contributed by atoms with Crippen molar-refractivity contribution in [3.63, 3.8) is 0 Å². The number of nitrogens with zero attached hydrogens (tertiary/aromatic N) is 2. The maximum Gasteiger partial charge on any atom is 0.449 e. The molecule has 0 aliphatic carbocycles. The monoisotopic (exact) mass is 484 g/mol. The van der Waals surface area contributed by atoms with Crippen molar-refractivity contribution in [2.24, 2.45) is 0 Å². The Balaban J connectivity index is 1.54. The molecule has 0 radical (unpaired) electrons. The number of nitrogens with one attached hydrogen (secondary N) is 1. The number of hydrogen-bond donors (Lipinski definition) is 2. The summed E-state index contributed by atoms with van der Waals surface area (Å²) in [5.41, 5.74) is 1.45. The lowest BCUT2D eigenvalue weighted by molar-refractivity contribution is -0.552. The molecule has 0 bridgehead atoms. The van der Waals surface area contributed by atoms with Crippen molar-refractivity contribution in [1.29, 1.82) is 0 Å². The number of hydrogen-bond acceptors (Lipinski definition) is 5. The molecule has 1 aliphatic heterocycles. The zero-order valence-corrected chi connectivity index (χ0v) is 18.0. The van der Waals surface area contributed by atoms with E-state index < -0.39 is 35.5 Å². The highest BCUT2D eigenvalue weighted by Crippen LogP contribution is 2.32. The zero-order chi connectivity index (χ0) is 24.7. The lowest BCUT2D eigenvalue weighted by Crippen LogP contribution is -2.44. The van der Waals surface area contributed by atoms with Gasteiger partial charge in [-0.1, -0.05) is 36.4 Å². The molecule has 0 amide bonds. The maximum atomic E-state index is 14.7. The van der Waals surface area contributed by atoms with Gasteiger partial charge in [0.25, 0.3) is 0 Å². The summed E-state index contributed by atoms with van der Waals surface area (Å²) in [5, 5.41) is 12.8. The summed E-state index contributed by atoms with van der Waals surface area (Å²) >= 11 is 0. The largest absolute Gasteiger partial charge is 0.505 e. The summed E-state index contributed by atoms with van der Waals surface area (Å²) in [6.45, 7) is 0. The van der Waals surface area contributed by atoms with E-state index in [2.05, 4.69) is 10.3 Å². The molecule has 1 aliphatic rings. The number of aromatic hydroxyl groups is 1. The summed E-state index contributed by atoms with van der Waals surface area (Å²) in [4.78, 5) is 17.8. The Bertz CT molecular complexity index is 1420. The average Bonchev–Trinajstić information content (AvgIpc) is 3.42. The highest BCUT2D eigenvalue weighted by atomic mass is 19.4. The van der Waals surface area contributed by atoms with Crippen molar-refractivity contribution in [3.05, 3.63) is 95.5 Å².